The van der Waals surface area contributed by atoms with Crippen LogP contribution in [0.3, 0.4) is 0 Å². The van der Waals surface area contributed by atoms with Gasteiger partial charge >= 0.3 is 5.97 Å². The molecule has 2 amide bonds. The van der Waals surface area contributed by atoms with Gasteiger partial charge in [0.25, 0.3) is 5.91 Å². The van der Waals surface area contributed by atoms with Crippen LogP contribution in [0.15, 0.2) is 18.2 Å². The predicted octanol–water partition coefficient (Wildman–Crippen LogP) is 2.60. The van der Waals surface area contributed by atoms with Crippen molar-refractivity contribution in [1.82, 2.24) is 4.98 Å². The molecule has 0 atom stereocenters. The highest BCUT2D eigenvalue weighted by Crippen LogP contribution is 2.28. The first-order valence-electron chi connectivity index (χ1n) is 8.76. The molecular formula is C20H23N3O6. The normalized spacial score (nSPS) is 10.2. The standard InChI is InChI=1S/C20H23N3O6/c1-10-18(12(3)24)11(2)21-19(10)20(27)29-9-17(26)23-15-8-14(22-13(4)25)6-7-16(15)28-5/h6-8,21H,9H2,1-5H3,(H,22,25)(H,23,26). The van der Waals surface area contributed by atoms with Crippen LogP contribution in [-0.2, 0) is 14.3 Å². The molecule has 0 saturated carbocycles. The van der Waals surface area contributed by atoms with Crippen molar-refractivity contribution in [2.24, 2.45) is 0 Å². The zero-order valence-electron chi connectivity index (χ0n) is 16.9. The number of ketones is 1. The molecule has 0 bridgehead atoms. The molecule has 0 aliphatic rings. The van der Waals surface area contributed by atoms with E-state index in [2.05, 4.69) is 15.6 Å². The number of hydrogen-bond donors (Lipinski definition) is 3. The number of aryl methyl sites for hydroxylation is 1. The minimum absolute atomic E-state index is 0.130. The summed E-state index contributed by atoms with van der Waals surface area (Å²) >= 11 is 0. The van der Waals surface area contributed by atoms with Gasteiger partial charge in [-0.2, -0.15) is 0 Å². The van der Waals surface area contributed by atoms with Crippen molar-refractivity contribution in [3.05, 3.63) is 40.7 Å². The molecule has 9 heteroatoms. The zero-order chi connectivity index (χ0) is 21.7. The number of methoxy groups -OCH3 is 1. The van der Waals surface area contributed by atoms with E-state index >= 15 is 0 Å². The number of rotatable bonds is 7. The van der Waals surface area contributed by atoms with Gasteiger partial charge < -0.3 is 25.1 Å². The first kappa shape index (κ1) is 21.7. The highest BCUT2D eigenvalue weighted by molar-refractivity contribution is 6.02. The van der Waals surface area contributed by atoms with E-state index in [4.69, 9.17) is 9.47 Å². The highest BCUT2D eigenvalue weighted by Gasteiger charge is 2.21. The lowest BCUT2D eigenvalue weighted by Gasteiger charge is -2.12. The number of hydrogen-bond acceptors (Lipinski definition) is 6. The average molecular weight is 401 g/mol. The van der Waals surface area contributed by atoms with Gasteiger partial charge in [0.1, 0.15) is 11.4 Å². The van der Waals surface area contributed by atoms with Crippen LogP contribution in [0.25, 0.3) is 0 Å². The molecule has 0 spiro atoms. The summed E-state index contributed by atoms with van der Waals surface area (Å²) in [5.41, 5.74) is 2.38. The number of carbonyl (C=O) groups is 4. The largest absolute Gasteiger partial charge is 0.495 e. The lowest BCUT2D eigenvalue weighted by atomic mass is 10.1. The fourth-order valence-corrected chi connectivity index (χ4v) is 2.96. The number of anilines is 2. The van der Waals surface area contributed by atoms with E-state index in [0.717, 1.165) is 0 Å². The van der Waals surface area contributed by atoms with Gasteiger partial charge in [-0.15, -0.1) is 0 Å². The second-order valence-corrected chi connectivity index (χ2v) is 6.40. The lowest BCUT2D eigenvalue weighted by molar-refractivity contribution is -0.119. The van der Waals surface area contributed by atoms with Crippen LogP contribution in [0.2, 0.25) is 0 Å². The van der Waals surface area contributed by atoms with Crippen LogP contribution in [0.1, 0.15) is 46.0 Å². The number of benzene rings is 1. The summed E-state index contributed by atoms with van der Waals surface area (Å²) in [4.78, 5) is 50.2. The topological polar surface area (TPSA) is 127 Å². The third-order valence-corrected chi connectivity index (χ3v) is 4.12. The van der Waals surface area contributed by atoms with Crippen molar-refractivity contribution in [2.75, 3.05) is 24.4 Å². The van der Waals surface area contributed by atoms with E-state index in [0.29, 0.717) is 33.9 Å². The van der Waals surface area contributed by atoms with E-state index in [1.807, 2.05) is 0 Å². The summed E-state index contributed by atoms with van der Waals surface area (Å²) in [6, 6.07) is 4.73. The van der Waals surface area contributed by atoms with Gasteiger partial charge in [0.05, 0.1) is 12.8 Å². The van der Waals surface area contributed by atoms with Crippen LogP contribution in [0.4, 0.5) is 11.4 Å². The van der Waals surface area contributed by atoms with Crippen LogP contribution >= 0.6 is 0 Å². The summed E-state index contributed by atoms with van der Waals surface area (Å²) in [7, 11) is 1.44. The Labute approximate surface area is 167 Å². The van der Waals surface area contributed by atoms with Crippen LogP contribution in [0, 0.1) is 13.8 Å². The van der Waals surface area contributed by atoms with E-state index in [-0.39, 0.29) is 17.4 Å². The van der Waals surface area contributed by atoms with Gasteiger partial charge in [-0.1, -0.05) is 0 Å². The number of nitrogens with one attached hydrogen (secondary N) is 3. The Balaban J connectivity index is 2.07. The molecule has 2 aromatic rings. The van der Waals surface area contributed by atoms with Crippen LogP contribution in [0.5, 0.6) is 5.75 Å². The summed E-state index contributed by atoms with van der Waals surface area (Å²) in [5.74, 6) is -1.39. The fourth-order valence-electron chi connectivity index (χ4n) is 2.96. The van der Waals surface area contributed by atoms with Gasteiger partial charge in [-0.25, -0.2) is 4.79 Å². The summed E-state index contributed by atoms with van der Waals surface area (Å²) in [6.45, 7) is 5.55. The number of amides is 2. The van der Waals surface area contributed by atoms with Crippen LogP contribution in [-0.4, -0.2) is 42.3 Å². The maximum atomic E-state index is 12.3. The Morgan fingerprint density at radius 3 is 2.31 bits per heavy atom. The molecule has 1 aromatic heterocycles. The molecule has 1 heterocycles. The molecule has 2 rings (SSSR count). The first-order chi connectivity index (χ1) is 13.6. The van der Waals surface area contributed by atoms with E-state index in [1.54, 1.807) is 26.0 Å². The number of H-pyrrole nitrogens is 1. The van der Waals surface area contributed by atoms with Crippen molar-refractivity contribution in [2.45, 2.75) is 27.7 Å². The molecule has 0 fully saturated rings. The molecule has 0 radical (unpaired) electrons. The molecule has 29 heavy (non-hydrogen) atoms. The fraction of sp³-hybridized carbons (Fsp3) is 0.300. The molecule has 154 valence electrons. The average Bonchev–Trinajstić information content (AvgIpc) is 2.94. The second kappa shape index (κ2) is 9.05. The molecule has 3 N–H and O–H groups in total. The minimum atomic E-state index is -0.743. The molecule has 0 aliphatic carbocycles. The lowest BCUT2D eigenvalue weighted by Crippen LogP contribution is -2.22. The maximum Gasteiger partial charge on any atom is 0.355 e. The van der Waals surface area contributed by atoms with Crippen molar-refractivity contribution in [3.8, 4) is 5.75 Å². The van der Waals surface area contributed by atoms with Gasteiger partial charge in [-0.3, -0.25) is 14.4 Å². The van der Waals surface area contributed by atoms with Gasteiger partial charge in [-0.05, 0) is 44.5 Å². The molecular weight excluding hydrogens is 378 g/mol. The summed E-state index contributed by atoms with van der Waals surface area (Å²) in [5, 5.41) is 5.18. The Morgan fingerprint density at radius 2 is 1.76 bits per heavy atom. The number of carbonyl (C=O) groups excluding carboxylic acids is 4. The smallest absolute Gasteiger partial charge is 0.355 e. The van der Waals surface area contributed by atoms with E-state index < -0.39 is 18.5 Å². The highest BCUT2D eigenvalue weighted by atomic mass is 16.5. The molecule has 0 saturated heterocycles. The Morgan fingerprint density at radius 1 is 1.07 bits per heavy atom. The zero-order valence-corrected chi connectivity index (χ0v) is 16.9. The van der Waals surface area contributed by atoms with Gasteiger partial charge in [0.2, 0.25) is 5.91 Å². The van der Waals surface area contributed by atoms with Crippen molar-refractivity contribution < 1.29 is 28.7 Å². The first-order valence-corrected chi connectivity index (χ1v) is 8.76. The maximum absolute atomic E-state index is 12.3. The minimum Gasteiger partial charge on any atom is -0.495 e. The number of esters is 1. The third kappa shape index (κ3) is 5.22. The SMILES string of the molecule is COc1ccc(NC(C)=O)cc1NC(=O)COC(=O)c1[nH]c(C)c(C(C)=O)c1C. The van der Waals surface area contributed by atoms with E-state index in [1.165, 1.54) is 27.0 Å². The van der Waals surface area contributed by atoms with Crippen molar-refractivity contribution in [1.29, 1.82) is 0 Å². The molecule has 0 aliphatic heterocycles. The summed E-state index contributed by atoms with van der Waals surface area (Å²) < 4.78 is 10.2. The Bertz CT molecular complexity index is 977. The monoisotopic (exact) mass is 401 g/mol. The number of ether oxygens (including phenoxy) is 2. The van der Waals surface area contributed by atoms with Gasteiger partial charge in [0, 0.05) is 23.9 Å². The van der Waals surface area contributed by atoms with Crippen molar-refractivity contribution in [3.63, 3.8) is 0 Å². The van der Waals surface area contributed by atoms with Crippen molar-refractivity contribution >= 4 is 34.9 Å². The van der Waals surface area contributed by atoms with Gasteiger partial charge in [0.15, 0.2) is 12.4 Å². The number of aromatic amines is 1. The third-order valence-electron chi connectivity index (χ3n) is 4.12. The Kier molecular flexibility index (Phi) is 6.76. The quantitative estimate of drug-likeness (QED) is 0.483. The Hall–Kier alpha value is -3.62. The number of aromatic nitrogens is 1. The predicted molar refractivity (Wildman–Crippen MR) is 106 cm³/mol. The van der Waals surface area contributed by atoms with Crippen LogP contribution < -0.4 is 15.4 Å². The van der Waals surface area contributed by atoms with E-state index in [9.17, 15) is 19.2 Å². The molecule has 9 nitrogen and oxygen atoms in total. The number of Topliss-reactive ketones (excluding diaryl/α,β-unsaturated/α-hetero) is 1. The molecule has 0 unspecified atom stereocenters. The molecule has 1 aromatic carbocycles. The summed E-state index contributed by atoms with van der Waals surface area (Å²) in [6.07, 6.45) is 0. The second-order valence-electron chi connectivity index (χ2n) is 6.40.